The zero-order chi connectivity index (χ0) is 17.6. The molecule has 0 aliphatic rings. The highest BCUT2D eigenvalue weighted by atomic mass is 79.9. The van der Waals surface area contributed by atoms with E-state index in [-0.39, 0.29) is 5.91 Å². The predicted octanol–water partition coefficient (Wildman–Crippen LogP) is 3.77. The van der Waals surface area contributed by atoms with Crippen molar-refractivity contribution >= 4 is 28.1 Å². The molecule has 0 aliphatic carbocycles. The summed E-state index contributed by atoms with van der Waals surface area (Å²) in [4.78, 5) is 12.1. The van der Waals surface area contributed by atoms with Crippen molar-refractivity contribution in [3.05, 3.63) is 87.7 Å². The standard InChI is InChI=1S/C19H17BrN4O/c1-14-4-2-3-5-16(14)12-21-22-19(25)18-10-11-24(23-18)13-15-6-8-17(20)9-7-15/h2-12H,13H2,1H3,(H,22,25)/b21-12+. The zero-order valence-corrected chi connectivity index (χ0v) is 15.3. The van der Waals surface area contributed by atoms with Crippen LogP contribution in [0.1, 0.15) is 27.2 Å². The van der Waals surface area contributed by atoms with Crippen LogP contribution in [0.25, 0.3) is 0 Å². The molecule has 0 saturated carbocycles. The number of carbonyl (C=O) groups excluding carboxylic acids is 1. The summed E-state index contributed by atoms with van der Waals surface area (Å²) in [6.45, 7) is 2.60. The average Bonchev–Trinajstić information content (AvgIpc) is 3.07. The third kappa shape index (κ3) is 4.64. The molecular formula is C19H17BrN4O. The number of rotatable bonds is 5. The summed E-state index contributed by atoms with van der Waals surface area (Å²) in [6.07, 6.45) is 3.41. The summed E-state index contributed by atoms with van der Waals surface area (Å²) in [5, 5.41) is 8.29. The minimum Gasteiger partial charge on any atom is -0.268 e. The number of nitrogens with one attached hydrogen (secondary N) is 1. The first-order chi connectivity index (χ1) is 12.1. The lowest BCUT2D eigenvalue weighted by Gasteiger charge is -2.02. The van der Waals surface area contributed by atoms with E-state index in [1.807, 2.05) is 55.5 Å². The van der Waals surface area contributed by atoms with Crippen LogP contribution in [-0.2, 0) is 6.54 Å². The van der Waals surface area contributed by atoms with Gasteiger partial charge in [-0.05, 0) is 41.8 Å². The van der Waals surface area contributed by atoms with Crippen LogP contribution in [-0.4, -0.2) is 21.9 Å². The fourth-order valence-electron chi connectivity index (χ4n) is 2.30. The molecule has 1 heterocycles. The van der Waals surface area contributed by atoms with E-state index < -0.39 is 0 Å². The van der Waals surface area contributed by atoms with Gasteiger partial charge in [-0.2, -0.15) is 10.2 Å². The molecular weight excluding hydrogens is 380 g/mol. The molecule has 0 aliphatic heterocycles. The van der Waals surface area contributed by atoms with Crippen LogP contribution in [0.15, 0.2) is 70.4 Å². The fourth-order valence-corrected chi connectivity index (χ4v) is 2.56. The predicted molar refractivity (Wildman–Crippen MR) is 102 cm³/mol. The van der Waals surface area contributed by atoms with Crippen LogP contribution in [0.4, 0.5) is 0 Å². The van der Waals surface area contributed by atoms with Crippen molar-refractivity contribution in [2.45, 2.75) is 13.5 Å². The van der Waals surface area contributed by atoms with E-state index in [0.717, 1.165) is 21.2 Å². The second-order valence-corrected chi connectivity index (χ2v) is 6.50. The van der Waals surface area contributed by atoms with Crippen LogP contribution < -0.4 is 5.43 Å². The molecule has 25 heavy (non-hydrogen) atoms. The number of aryl methyl sites for hydroxylation is 1. The molecule has 126 valence electrons. The Hall–Kier alpha value is -2.73. The molecule has 1 N–H and O–H groups in total. The molecule has 6 heteroatoms. The topological polar surface area (TPSA) is 59.3 Å². The minimum atomic E-state index is -0.334. The van der Waals surface area contributed by atoms with E-state index in [9.17, 15) is 4.79 Å². The normalized spacial score (nSPS) is 11.0. The molecule has 3 rings (SSSR count). The molecule has 1 amide bonds. The highest BCUT2D eigenvalue weighted by Gasteiger charge is 2.08. The monoisotopic (exact) mass is 396 g/mol. The van der Waals surface area contributed by atoms with Gasteiger partial charge in [0.15, 0.2) is 5.69 Å². The van der Waals surface area contributed by atoms with Crippen molar-refractivity contribution in [3.63, 3.8) is 0 Å². The Morgan fingerprint density at radius 1 is 1.20 bits per heavy atom. The number of halogens is 1. The van der Waals surface area contributed by atoms with Crippen molar-refractivity contribution in [1.29, 1.82) is 0 Å². The Bertz CT molecular complexity index is 900. The summed E-state index contributed by atoms with van der Waals surface area (Å²) in [7, 11) is 0. The van der Waals surface area contributed by atoms with Gasteiger partial charge in [0.1, 0.15) is 0 Å². The molecule has 0 radical (unpaired) electrons. The van der Waals surface area contributed by atoms with Crippen LogP contribution in [0.3, 0.4) is 0 Å². The van der Waals surface area contributed by atoms with Crippen molar-refractivity contribution in [2.24, 2.45) is 5.10 Å². The molecule has 0 spiro atoms. The van der Waals surface area contributed by atoms with E-state index >= 15 is 0 Å². The fraction of sp³-hybridized carbons (Fsp3) is 0.105. The second-order valence-electron chi connectivity index (χ2n) is 5.58. The molecule has 0 fully saturated rings. The number of aromatic nitrogens is 2. The van der Waals surface area contributed by atoms with Gasteiger partial charge >= 0.3 is 0 Å². The highest BCUT2D eigenvalue weighted by Crippen LogP contribution is 2.11. The molecule has 1 aromatic heterocycles. The average molecular weight is 397 g/mol. The van der Waals surface area contributed by atoms with E-state index in [1.54, 1.807) is 23.2 Å². The van der Waals surface area contributed by atoms with E-state index in [1.165, 1.54) is 0 Å². The lowest BCUT2D eigenvalue weighted by atomic mass is 10.1. The molecule has 0 bridgehead atoms. The first-order valence-electron chi connectivity index (χ1n) is 7.79. The second kappa shape index (κ2) is 7.90. The minimum absolute atomic E-state index is 0.332. The van der Waals surface area contributed by atoms with Gasteiger partial charge < -0.3 is 0 Å². The number of hydrogen-bond acceptors (Lipinski definition) is 3. The Kier molecular flexibility index (Phi) is 5.40. The van der Waals surface area contributed by atoms with E-state index in [2.05, 4.69) is 31.6 Å². The smallest absolute Gasteiger partial charge is 0.268 e. The summed E-state index contributed by atoms with van der Waals surface area (Å²) in [6, 6.07) is 17.5. The lowest BCUT2D eigenvalue weighted by molar-refractivity contribution is 0.0949. The lowest BCUT2D eigenvalue weighted by Crippen LogP contribution is -2.18. The molecule has 3 aromatic rings. The highest BCUT2D eigenvalue weighted by molar-refractivity contribution is 9.10. The van der Waals surface area contributed by atoms with Crippen LogP contribution in [0.5, 0.6) is 0 Å². The number of nitrogens with zero attached hydrogens (tertiary/aromatic N) is 3. The number of hydrogen-bond donors (Lipinski definition) is 1. The third-order valence-corrected chi connectivity index (χ3v) is 4.22. The summed E-state index contributed by atoms with van der Waals surface area (Å²) < 4.78 is 2.76. The van der Waals surface area contributed by atoms with Crippen LogP contribution in [0.2, 0.25) is 0 Å². The van der Waals surface area contributed by atoms with Crippen molar-refractivity contribution in [1.82, 2.24) is 15.2 Å². The van der Waals surface area contributed by atoms with Crippen molar-refractivity contribution < 1.29 is 4.79 Å². The Morgan fingerprint density at radius 3 is 2.72 bits per heavy atom. The largest absolute Gasteiger partial charge is 0.291 e. The first-order valence-corrected chi connectivity index (χ1v) is 8.58. The van der Waals surface area contributed by atoms with Gasteiger partial charge in [-0.1, -0.05) is 52.3 Å². The Balaban J connectivity index is 1.60. The number of hydrazone groups is 1. The van der Waals surface area contributed by atoms with E-state index in [0.29, 0.717) is 12.2 Å². The Morgan fingerprint density at radius 2 is 1.96 bits per heavy atom. The first kappa shape index (κ1) is 17.1. The van der Waals surface area contributed by atoms with Crippen molar-refractivity contribution in [3.8, 4) is 0 Å². The number of carbonyl (C=O) groups is 1. The van der Waals surface area contributed by atoms with Gasteiger partial charge in [-0.15, -0.1) is 0 Å². The summed E-state index contributed by atoms with van der Waals surface area (Å²) >= 11 is 3.41. The maximum atomic E-state index is 12.1. The van der Waals surface area contributed by atoms with Gasteiger partial charge in [-0.3, -0.25) is 9.48 Å². The third-order valence-electron chi connectivity index (χ3n) is 3.69. The molecule has 0 saturated heterocycles. The maximum Gasteiger partial charge on any atom is 0.291 e. The number of amides is 1. The van der Waals surface area contributed by atoms with Gasteiger partial charge in [0.2, 0.25) is 0 Å². The van der Waals surface area contributed by atoms with Crippen LogP contribution in [0, 0.1) is 6.92 Å². The van der Waals surface area contributed by atoms with Crippen LogP contribution >= 0.6 is 15.9 Å². The zero-order valence-electron chi connectivity index (χ0n) is 13.7. The SMILES string of the molecule is Cc1ccccc1/C=N/NC(=O)c1ccn(Cc2ccc(Br)cc2)n1. The van der Waals surface area contributed by atoms with Crippen molar-refractivity contribution in [2.75, 3.05) is 0 Å². The van der Waals surface area contributed by atoms with Gasteiger partial charge in [-0.25, -0.2) is 5.43 Å². The molecule has 0 unspecified atom stereocenters. The number of benzene rings is 2. The quantitative estimate of drug-likeness (QED) is 0.527. The van der Waals surface area contributed by atoms with Gasteiger partial charge in [0.25, 0.3) is 5.91 Å². The van der Waals surface area contributed by atoms with Gasteiger partial charge in [0, 0.05) is 10.7 Å². The van der Waals surface area contributed by atoms with Gasteiger partial charge in [0.05, 0.1) is 12.8 Å². The molecule has 2 aromatic carbocycles. The molecule has 0 atom stereocenters. The van der Waals surface area contributed by atoms with E-state index in [4.69, 9.17) is 0 Å². The maximum absolute atomic E-state index is 12.1. The summed E-state index contributed by atoms with van der Waals surface area (Å²) in [5.41, 5.74) is 6.01. The summed E-state index contributed by atoms with van der Waals surface area (Å²) in [5.74, 6) is -0.334. The molecule has 5 nitrogen and oxygen atoms in total. The Labute approximate surface area is 154 Å².